The van der Waals surface area contributed by atoms with Crippen LogP contribution in [0, 0.1) is 5.92 Å². The van der Waals surface area contributed by atoms with Crippen molar-refractivity contribution < 1.29 is 9.53 Å². The first-order chi connectivity index (χ1) is 10.0. The standard InChI is InChI=1S/C15H30N4O2/c1-5-6-8-16-15(17-10-14(20)18(2)3)19(4)11-13-7-9-21-12-13/h13H,5-12H2,1-4H3,(H,16,17). The summed E-state index contributed by atoms with van der Waals surface area (Å²) in [5.74, 6) is 1.38. The summed E-state index contributed by atoms with van der Waals surface area (Å²) in [6.07, 6.45) is 3.33. The van der Waals surface area contributed by atoms with Gasteiger partial charge in [-0.25, -0.2) is 4.99 Å². The van der Waals surface area contributed by atoms with Gasteiger partial charge < -0.3 is 19.9 Å². The summed E-state index contributed by atoms with van der Waals surface area (Å²) in [6, 6.07) is 0. The van der Waals surface area contributed by atoms with Crippen LogP contribution in [-0.2, 0) is 9.53 Å². The van der Waals surface area contributed by atoms with Gasteiger partial charge in [0.25, 0.3) is 0 Å². The lowest BCUT2D eigenvalue weighted by Gasteiger charge is -2.25. The van der Waals surface area contributed by atoms with Crippen molar-refractivity contribution in [2.75, 3.05) is 54.0 Å². The highest BCUT2D eigenvalue weighted by Gasteiger charge is 2.19. The molecule has 21 heavy (non-hydrogen) atoms. The minimum Gasteiger partial charge on any atom is -0.381 e. The van der Waals surface area contributed by atoms with Crippen molar-refractivity contribution in [1.29, 1.82) is 0 Å². The Balaban J connectivity index is 2.56. The summed E-state index contributed by atoms with van der Waals surface area (Å²) in [7, 11) is 5.53. The Bertz CT molecular complexity index is 339. The number of aliphatic imine (C=N–C) groups is 1. The molecule has 0 bridgehead atoms. The summed E-state index contributed by atoms with van der Waals surface area (Å²) in [5.41, 5.74) is 0. The molecule has 0 spiro atoms. The van der Waals surface area contributed by atoms with E-state index in [-0.39, 0.29) is 12.5 Å². The van der Waals surface area contributed by atoms with E-state index < -0.39 is 0 Å². The third-order valence-electron chi connectivity index (χ3n) is 3.59. The lowest BCUT2D eigenvalue weighted by molar-refractivity contribution is -0.127. The zero-order valence-electron chi connectivity index (χ0n) is 13.9. The fraction of sp³-hybridized carbons (Fsp3) is 0.867. The molecule has 0 saturated carbocycles. The maximum Gasteiger partial charge on any atom is 0.243 e. The number of nitrogens with one attached hydrogen (secondary N) is 1. The molecule has 0 aromatic heterocycles. The van der Waals surface area contributed by atoms with E-state index in [1.165, 1.54) is 0 Å². The number of likely N-dealkylation sites (N-methyl/N-ethyl adjacent to an activating group) is 1. The SMILES string of the molecule is CCCCNC(=NCC(=O)N(C)C)N(C)CC1CCOC1. The van der Waals surface area contributed by atoms with Crippen LogP contribution >= 0.6 is 0 Å². The molecule has 0 aliphatic carbocycles. The number of amides is 1. The van der Waals surface area contributed by atoms with Gasteiger partial charge in [-0.3, -0.25) is 4.79 Å². The average molecular weight is 298 g/mol. The largest absolute Gasteiger partial charge is 0.381 e. The van der Waals surface area contributed by atoms with Crippen molar-refractivity contribution in [3.05, 3.63) is 0 Å². The smallest absolute Gasteiger partial charge is 0.243 e. The fourth-order valence-electron chi connectivity index (χ4n) is 2.17. The second-order valence-electron chi connectivity index (χ2n) is 5.82. The predicted octanol–water partition coefficient (Wildman–Crippen LogP) is 0.789. The summed E-state index contributed by atoms with van der Waals surface area (Å²) in [5, 5.41) is 3.35. The summed E-state index contributed by atoms with van der Waals surface area (Å²) >= 11 is 0. The van der Waals surface area contributed by atoms with Crippen molar-refractivity contribution in [2.45, 2.75) is 26.2 Å². The molecule has 6 nitrogen and oxygen atoms in total. The van der Waals surface area contributed by atoms with E-state index in [4.69, 9.17) is 4.74 Å². The van der Waals surface area contributed by atoms with E-state index in [1.54, 1.807) is 19.0 Å². The minimum absolute atomic E-state index is 0.0161. The molecule has 1 aliphatic heterocycles. The molecule has 1 unspecified atom stereocenters. The maximum atomic E-state index is 11.7. The van der Waals surface area contributed by atoms with E-state index in [0.29, 0.717) is 5.92 Å². The third kappa shape index (κ3) is 6.80. The highest BCUT2D eigenvalue weighted by molar-refractivity contribution is 5.84. The zero-order valence-corrected chi connectivity index (χ0v) is 13.9. The first-order valence-corrected chi connectivity index (χ1v) is 7.82. The predicted molar refractivity (Wildman–Crippen MR) is 85.5 cm³/mol. The van der Waals surface area contributed by atoms with Crippen LogP contribution in [0.2, 0.25) is 0 Å². The molecule has 0 aromatic carbocycles. The number of ether oxygens (including phenoxy) is 1. The lowest BCUT2D eigenvalue weighted by atomic mass is 10.1. The molecule has 1 fully saturated rings. The van der Waals surface area contributed by atoms with Gasteiger partial charge in [-0.2, -0.15) is 0 Å². The van der Waals surface area contributed by atoms with Gasteiger partial charge in [-0.15, -0.1) is 0 Å². The zero-order chi connectivity index (χ0) is 15.7. The lowest BCUT2D eigenvalue weighted by Crippen LogP contribution is -2.42. The molecule has 1 saturated heterocycles. The van der Waals surface area contributed by atoms with Gasteiger partial charge in [-0.05, 0) is 12.8 Å². The summed E-state index contributed by atoms with van der Waals surface area (Å²) < 4.78 is 5.42. The normalized spacial score (nSPS) is 18.7. The van der Waals surface area contributed by atoms with Crippen molar-refractivity contribution in [2.24, 2.45) is 10.9 Å². The van der Waals surface area contributed by atoms with Crippen LogP contribution in [0.25, 0.3) is 0 Å². The molecular weight excluding hydrogens is 268 g/mol. The molecule has 1 N–H and O–H groups in total. The number of nitrogens with zero attached hydrogens (tertiary/aromatic N) is 3. The van der Waals surface area contributed by atoms with Crippen LogP contribution in [0.5, 0.6) is 0 Å². The monoisotopic (exact) mass is 298 g/mol. The van der Waals surface area contributed by atoms with Gasteiger partial charge in [0.15, 0.2) is 5.96 Å². The Kier molecular flexibility index (Phi) is 8.12. The highest BCUT2D eigenvalue weighted by atomic mass is 16.5. The molecule has 1 amide bonds. The van der Waals surface area contributed by atoms with E-state index in [2.05, 4.69) is 22.1 Å². The molecule has 0 aromatic rings. The second-order valence-corrected chi connectivity index (χ2v) is 5.82. The maximum absolute atomic E-state index is 11.7. The van der Waals surface area contributed by atoms with Crippen LogP contribution in [0.1, 0.15) is 26.2 Å². The number of hydrogen-bond acceptors (Lipinski definition) is 3. The van der Waals surface area contributed by atoms with E-state index in [1.807, 2.05) is 7.05 Å². The summed E-state index contributed by atoms with van der Waals surface area (Å²) in [6.45, 7) is 5.82. The van der Waals surface area contributed by atoms with Gasteiger partial charge in [-0.1, -0.05) is 13.3 Å². The Morgan fingerprint density at radius 3 is 2.71 bits per heavy atom. The number of carbonyl (C=O) groups excluding carboxylic acids is 1. The number of carbonyl (C=O) groups is 1. The van der Waals surface area contributed by atoms with Crippen LogP contribution in [0.15, 0.2) is 4.99 Å². The van der Waals surface area contributed by atoms with E-state index >= 15 is 0 Å². The van der Waals surface area contributed by atoms with Crippen molar-refractivity contribution in [3.8, 4) is 0 Å². The number of guanidine groups is 1. The first-order valence-electron chi connectivity index (χ1n) is 7.82. The Morgan fingerprint density at radius 2 is 2.14 bits per heavy atom. The van der Waals surface area contributed by atoms with E-state index in [0.717, 1.165) is 51.5 Å². The van der Waals surface area contributed by atoms with Crippen LogP contribution in [0.3, 0.4) is 0 Å². The molecule has 1 heterocycles. The average Bonchev–Trinajstić information content (AvgIpc) is 2.94. The quantitative estimate of drug-likeness (QED) is 0.429. The Hall–Kier alpha value is -1.30. The van der Waals surface area contributed by atoms with Crippen molar-refractivity contribution >= 4 is 11.9 Å². The topological polar surface area (TPSA) is 57.2 Å². The molecule has 122 valence electrons. The van der Waals surface area contributed by atoms with E-state index in [9.17, 15) is 4.79 Å². The third-order valence-corrected chi connectivity index (χ3v) is 3.59. The Labute approximate surface area is 128 Å². The second kappa shape index (κ2) is 9.60. The van der Waals surface area contributed by atoms with Crippen LogP contribution in [0.4, 0.5) is 0 Å². The highest BCUT2D eigenvalue weighted by Crippen LogP contribution is 2.13. The molecule has 1 atom stereocenters. The summed E-state index contributed by atoms with van der Waals surface area (Å²) in [4.78, 5) is 19.8. The Morgan fingerprint density at radius 1 is 1.38 bits per heavy atom. The molecule has 6 heteroatoms. The number of unbranched alkanes of at least 4 members (excludes halogenated alkanes) is 1. The molecule has 1 rings (SSSR count). The molecular formula is C15H30N4O2. The minimum atomic E-state index is 0.0161. The first kappa shape index (κ1) is 17.8. The van der Waals surface area contributed by atoms with Crippen molar-refractivity contribution in [3.63, 3.8) is 0 Å². The van der Waals surface area contributed by atoms with Crippen molar-refractivity contribution in [1.82, 2.24) is 15.1 Å². The van der Waals surface area contributed by atoms with Gasteiger partial charge in [0.2, 0.25) is 5.91 Å². The van der Waals surface area contributed by atoms with Gasteiger partial charge in [0, 0.05) is 46.8 Å². The van der Waals surface area contributed by atoms with Gasteiger partial charge in [0.1, 0.15) is 6.54 Å². The fourth-order valence-corrected chi connectivity index (χ4v) is 2.17. The van der Waals surface area contributed by atoms with Crippen LogP contribution in [-0.4, -0.2) is 75.7 Å². The van der Waals surface area contributed by atoms with Gasteiger partial charge in [0.05, 0.1) is 6.61 Å². The number of rotatable bonds is 7. The molecule has 1 aliphatic rings. The van der Waals surface area contributed by atoms with Crippen LogP contribution < -0.4 is 5.32 Å². The molecule has 0 radical (unpaired) electrons. The van der Waals surface area contributed by atoms with Gasteiger partial charge >= 0.3 is 0 Å². The number of hydrogen-bond donors (Lipinski definition) is 1.